The van der Waals surface area contributed by atoms with Crippen molar-refractivity contribution in [3.05, 3.63) is 47.2 Å². The predicted octanol–water partition coefficient (Wildman–Crippen LogP) is 4.26. The van der Waals surface area contributed by atoms with Crippen molar-refractivity contribution in [1.29, 1.82) is 0 Å². The van der Waals surface area contributed by atoms with Crippen LogP contribution in [0.4, 0.5) is 19.0 Å². The maximum Gasteiger partial charge on any atom is 0.393 e. The Morgan fingerprint density at radius 3 is 2.64 bits per heavy atom. The normalized spacial score (nSPS) is 17.3. The third kappa shape index (κ3) is 4.03. The Hall–Kier alpha value is -2.31. The van der Waals surface area contributed by atoms with Crippen molar-refractivity contribution in [2.45, 2.75) is 51.2 Å². The van der Waals surface area contributed by atoms with Crippen molar-refractivity contribution in [3.63, 3.8) is 0 Å². The van der Waals surface area contributed by atoms with E-state index in [1.165, 1.54) is 12.1 Å². The molecule has 0 bridgehead atoms. The van der Waals surface area contributed by atoms with Crippen molar-refractivity contribution >= 4 is 11.7 Å². The van der Waals surface area contributed by atoms with Crippen LogP contribution in [0.1, 0.15) is 48.8 Å². The molecule has 4 nitrogen and oxygen atoms in total. The number of anilines is 1. The molecule has 1 aliphatic rings. The number of aromatic nitrogens is 2. The number of carbonyl (C=O) groups is 1. The molecular weight excluding hydrogens is 331 g/mol. The van der Waals surface area contributed by atoms with Gasteiger partial charge in [-0.05, 0) is 17.5 Å². The standard InChI is InChI=1S/C18H20F3N3O/c1-2-3-8-24-17-15(11-22-24)14(9-16(25)23-17)13-6-4-12(5-7-13)10-18(19,20)21/h4-7,11,14H,2-3,8-10H2,1H3,(H,23,25). The van der Waals surface area contributed by atoms with Crippen molar-refractivity contribution < 1.29 is 18.0 Å². The van der Waals surface area contributed by atoms with E-state index >= 15 is 0 Å². The second-order valence-electron chi connectivity index (χ2n) is 6.36. The zero-order chi connectivity index (χ0) is 18.0. The number of carbonyl (C=O) groups excluding carboxylic acids is 1. The van der Waals surface area contributed by atoms with E-state index in [1.807, 2.05) is 0 Å². The SMILES string of the molecule is CCCCn1ncc2c1NC(=O)CC2c1ccc(CC(F)(F)F)cc1. The first-order valence-corrected chi connectivity index (χ1v) is 8.38. The van der Waals surface area contributed by atoms with Gasteiger partial charge in [0.15, 0.2) is 0 Å². The zero-order valence-corrected chi connectivity index (χ0v) is 13.9. The minimum absolute atomic E-state index is 0.102. The molecule has 2 aromatic rings. The number of hydrogen-bond donors (Lipinski definition) is 1. The largest absolute Gasteiger partial charge is 0.393 e. The van der Waals surface area contributed by atoms with E-state index in [1.54, 1.807) is 23.0 Å². The van der Waals surface area contributed by atoms with Gasteiger partial charge in [0.05, 0.1) is 12.6 Å². The molecule has 1 N–H and O–H groups in total. The Balaban J connectivity index is 1.86. The molecule has 0 spiro atoms. The van der Waals surface area contributed by atoms with Gasteiger partial charge in [0, 0.05) is 24.4 Å². The number of benzene rings is 1. The number of aryl methyl sites for hydroxylation is 1. The molecule has 1 aromatic carbocycles. The molecule has 0 radical (unpaired) electrons. The fourth-order valence-electron chi connectivity index (χ4n) is 3.14. The molecule has 3 rings (SSSR count). The van der Waals surface area contributed by atoms with Crippen LogP contribution in [0.3, 0.4) is 0 Å². The summed E-state index contributed by atoms with van der Waals surface area (Å²) in [5, 5.41) is 7.24. The van der Waals surface area contributed by atoms with Gasteiger partial charge in [-0.25, -0.2) is 4.68 Å². The summed E-state index contributed by atoms with van der Waals surface area (Å²) in [5.41, 5.74) is 1.96. The van der Waals surface area contributed by atoms with Crippen molar-refractivity contribution in [3.8, 4) is 0 Å². The average molecular weight is 351 g/mol. The fourth-order valence-corrected chi connectivity index (χ4v) is 3.14. The molecule has 134 valence electrons. The van der Waals surface area contributed by atoms with E-state index < -0.39 is 12.6 Å². The summed E-state index contributed by atoms with van der Waals surface area (Å²) >= 11 is 0. The van der Waals surface area contributed by atoms with Crippen LogP contribution >= 0.6 is 0 Å². The van der Waals surface area contributed by atoms with E-state index in [2.05, 4.69) is 17.3 Å². The Morgan fingerprint density at radius 2 is 2.00 bits per heavy atom. The van der Waals surface area contributed by atoms with Gasteiger partial charge < -0.3 is 5.32 Å². The molecule has 0 saturated carbocycles. The molecule has 1 unspecified atom stereocenters. The van der Waals surface area contributed by atoms with Crippen LogP contribution in [-0.4, -0.2) is 21.9 Å². The quantitative estimate of drug-likeness (QED) is 0.875. The van der Waals surface area contributed by atoms with Crippen LogP contribution in [0.25, 0.3) is 0 Å². The van der Waals surface area contributed by atoms with Crippen LogP contribution in [0.15, 0.2) is 30.5 Å². The Kier molecular flexibility index (Phi) is 4.83. The lowest BCUT2D eigenvalue weighted by molar-refractivity contribution is -0.127. The smallest absolute Gasteiger partial charge is 0.311 e. The lowest BCUT2D eigenvalue weighted by Gasteiger charge is -2.24. The highest BCUT2D eigenvalue weighted by molar-refractivity contribution is 5.94. The lowest BCUT2D eigenvalue weighted by atomic mass is 9.87. The molecule has 7 heteroatoms. The van der Waals surface area contributed by atoms with E-state index in [0.29, 0.717) is 5.82 Å². The average Bonchev–Trinajstić information content (AvgIpc) is 2.94. The highest BCUT2D eigenvalue weighted by atomic mass is 19.4. The number of nitrogens with one attached hydrogen (secondary N) is 1. The van der Waals surface area contributed by atoms with Gasteiger partial charge >= 0.3 is 6.18 Å². The van der Waals surface area contributed by atoms with Crippen LogP contribution in [0, 0.1) is 0 Å². The number of nitrogens with zero attached hydrogens (tertiary/aromatic N) is 2. The van der Waals surface area contributed by atoms with E-state index in [-0.39, 0.29) is 23.8 Å². The second kappa shape index (κ2) is 6.90. The number of rotatable bonds is 5. The van der Waals surface area contributed by atoms with Crippen LogP contribution < -0.4 is 5.32 Å². The summed E-state index contributed by atoms with van der Waals surface area (Å²) in [7, 11) is 0. The van der Waals surface area contributed by atoms with E-state index in [9.17, 15) is 18.0 Å². The summed E-state index contributed by atoms with van der Waals surface area (Å²) in [6.07, 6.45) is -1.17. The van der Waals surface area contributed by atoms with E-state index in [0.717, 1.165) is 30.5 Å². The summed E-state index contributed by atoms with van der Waals surface area (Å²) in [6, 6.07) is 6.32. The topological polar surface area (TPSA) is 46.9 Å². The van der Waals surface area contributed by atoms with Crippen molar-refractivity contribution in [2.24, 2.45) is 0 Å². The van der Waals surface area contributed by atoms with Gasteiger partial charge in [-0.2, -0.15) is 18.3 Å². The molecule has 1 atom stereocenters. The predicted molar refractivity (Wildman–Crippen MR) is 88.4 cm³/mol. The monoisotopic (exact) mass is 351 g/mol. The number of hydrogen-bond acceptors (Lipinski definition) is 2. The maximum absolute atomic E-state index is 12.5. The van der Waals surface area contributed by atoms with E-state index in [4.69, 9.17) is 0 Å². The fraction of sp³-hybridized carbons (Fsp3) is 0.444. The Labute approximate surface area is 144 Å². The second-order valence-corrected chi connectivity index (χ2v) is 6.36. The molecule has 2 heterocycles. The highest BCUT2D eigenvalue weighted by Crippen LogP contribution is 2.37. The van der Waals surface area contributed by atoms with Gasteiger partial charge in [0.2, 0.25) is 5.91 Å². The minimum Gasteiger partial charge on any atom is -0.311 e. The summed E-state index contributed by atoms with van der Waals surface area (Å²) in [4.78, 5) is 12.1. The number of alkyl halides is 3. The first kappa shape index (κ1) is 17.5. The number of fused-ring (bicyclic) bond motifs is 1. The first-order chi connectivity index (χ1) is 11.9. The van der Waals surface area contributed by atoms with Crippen LogP contribution in [0.5, 0.6) is 0 Å². The van der Waals surface area contributed by atoms with Gasteiger partial charge in [-0.15, -0.1) is 0 Å². The highest BCUT2D eigenvalue weighted by Gasteiger charge is 2.31. The van der Waals surface area contributed by atoms with Crippen molar-refractivity contribution in [1.82, 2.24) is 9.78 Å². The lowest BCUT2D eigenvalue weighted by Crippen LogP contribution is -2.25. The maximum atomic E-state index is 12.5. The number of unbranched alkanes of at least 4 members (excludes halogenated alkanes) is 1. The molecule has 0 fully saturated rings. The molecule has 1 aromatic heterocycles. The zero-order valence-electron chi connectivity index (χ0n) is 13.9. The van der Waals surface area contributed by atoms with Crippen LogP contribution in [0.2, 0.25) is 0 Å². The molecular formula is C18H20F3N3O. The molecule has 1 aliphatic heterocycles. The summed E-state index contributed by atoms with van der Waals surface area (Å²) < 4.78 is 39.2. The third-order valence-electron chi connectivity index (χ3n) is 4.40. The Morgan fingerprint density at radius 1 is 1.28 bits per heavy atom. The number of halogens is 3. The molecule has 0 saturated heterocycles. The number of amides is 1. The minimum atomic E-state index is -4.22. The van der Waals surface area contributed by atoms with Crippen LogP contribution in [-0.2, 0) is 17.8 Å². The molecule has 1 amide bonds. The molecule has 0 aliphatic carbocycles. The summed E-state index contributed by atoms with van der Waals surface area (Å²) in [6.45, 7) is 2.81. The van der Waals surface area contributed by atoms with Gasteiger partial charge in [0.1, 0.15) is 5.82 Å². The van der Waals surface area contributed by atoms with Gasteiger partial charge in [-0.3, -0.25) is 4.79 Å². The first-order valence-electron chi connectivity index (χ1n) is 8.38. The van der Waals surface area contributed by atoms with Crippen molar-refractivity contribution in [2.75, 3.05) is 5.32 Å². The van der Waals surface area contributed by atoms with Gasteiger partial charge in [0.25, 0.3) is 0 Å². The summed E-state index contributed by atoms with van der Waals surface area (Å²) in [5.74, 6) is 0.420. The van der Waals surface area contributed by atoms with Gasteiger partial charge in [-0.1, -0.05) is 37.6 Å². The third-order valence-corrected chi connectivity index (χ3v) is 4.40. The molecule has 25 heavy (non-hydrogen) atoms. The Bertz CT molecular complexity index is 750.